The summed E-state index contributed by atoms with van der Waals surface area (Å²) in [6.45, 7) is 9.48. The molecule has 1 aromatic carbocycles. The second kappa shape index (κ2) is 9.74. The molecule has 2 aromatic heterocycles. The van der Waals surface area contributed by atoms with E-state index in [2.05, 4.69) is 47.9 Å². The first-order valence-corrected chi connectivity index (χ1v) is 12.7. The van der Waals surface area contributed by atoms with Crippen LogP contribution in [0.25, 0.3) is 10.9 Å². The molecule has 0 radical (unpaired) electrons. The number of fused-ring (bicyclic) bond motifs is 2. The fraction of sp³-hybridized carbons (Fsp3) is 0.519. The van der Waals surface area contributed by atoms with Crippen LogP contribution in [0.5, 0.6) is 0 Å². The number of nitrogen functional groups attached to an aromatic ring is 1. The highest BCUT2D eigenvalue weighted by Crippen LogP contribution is 2.25. The van der Waals surface area contributed by atoms with Crippen molar-refractivity contribution in [2.75, 3.05) is 43.5 Å². The topological polar surface area (TPSA) is 80.3 Å². The molecule has 1 fully saturated rings. The Morgan fingerprint density at radius 1 is 0.971 bits per heavy atom. The number of hydrogen-bond acceptors (Lipinski definition) is 6. The molecule has 0 amide bonds. The number of unbranched alkanes of at least 4 members (excludes halogenated alkanes) is 1. The molecule has 0 atom stereocenters. The summed E-state index contributed by atoms with van der Waals surface area (Å²) in [6.07, 6.45) is 6.75. The number of nitrogens with two attached hydrogens (primary N) is 1. The molecule has 3 aromatic rings. The number of benzene rings is 1. The molecule has 0 unspecified atom stereocenters. The molecule has 0 bridgehead atoms. The fourth-order valence-electron chi connectivity index (χ4n) is 5.42. The van der Waals surface area contributed by atoms with Gasteiger partial charge in [-0.05, 0) is 76.1 Å². The zero-order valence-corrected chi connectivity index (χ0v) is 20.5. The summed E-state index contributed by atoms with van der Waals surface area (Å²) in [5.74, 6) is 7.91. The van der Waals surface area contributed by atoms with E-state index in [4.69, 9.17) is 15.8 Å². The Hall–Kier alpha value is -2.93. The molecule has 2 aliphatic rings. The first-order chi connectivity index (χ1) is 16.5. The molecule has 1 aliphatic carbocycles. The van der Waals surface area contributed by atoms with Gasteiger partial charge in [0.1, 0.15) is 11.6 Å². The van der Waals surface area contributed by atoms with E-state index in [0.29, 0.717) is 0 Å². The third-order valence-corrected chi connectivity index (χ3v) is 7.51. The SMILES string of the molecule is Cc1cc(N2CCN(CCCCc3nc4c(c(=O)n3N)CCCC4)CC2)nc2c(C)cccc12. The van der Waals surface area contributed by atoms with Gasteiger partial charge in [-0.15, -0.1) is 0 Å². The van der Waals surface area contributed by atoms with E-state index < -0.39 is 0 Å². The van der Waals surface area contributed by atoms with Crippen LogP contribution in [0.4, 0.5) is 5.82 Å². The van der Waals surface area contributed by atoms with Gasteiger partial charge in [0.05, 0.1) is 11.2 Å². The fourth-order valence-corrected chi connectivity index (χ4v) is 5.42. The Bertz CT molecular complexity index is 1240. The van der Waals surface area contributed by atoms with Crippen molar-refractivity contribution >= 4 is 16.7 Å². The first-order valence-electron chi connectivity index (χ1n) is 12.7. The van der Waals surface area contributed by atoms with E-state index in [-0.39, 0.29) is 5.56 Å². The predicted octanol–water partition coefficient (Wildman–Crippen LogP) is 3.15. The van der Waals surface area contributed by atoms with E-state index >= 15 is 0 Å². The van der Waals surface area contributed by atoms with Gasteiger partial charge in [-0.1, -0.05) is 18.2 Å². The molecule has 7 nitrogen and oxygen atoms in total. The highest BCUT2D eigenvalue weighted by Gasteiger charge is 2.20. The van der Waals surface area contributed by atoms with E-state index in [1.165, 1.54) is 21.2 Å². The second-order valence-corrected chi connectivity index (χ2v) is 9.89. The molecule has 7 heteroatoms. The molecule has 3 heterocycles. The third-order valence-electron chi connectivity index (χ3n) is 7.51. The van der Waals surface area contributed by atoms with E-state index in [0.717, 1.165) is 106 Å². The maximum Gasteiger partial charge on any atom is 0.275 e. The minimum Gasteiger partial charge on any atom is -0.354 e. The summed E-state index contributed by atoms with van der Waals surface area (Å²) in [5, 5.41) is 1.25. The number of aryl methyl sites for hydroxylation is 4. The lowest BCUT2D eigenvalue weighted by Crippen LogP contribution is -2.47. The van der Waals surface area contributed by atoms with Crippen LogP contribution in [0.2, 0.25) is 0 Å². The van der Waals surface area contributed by atoms with Crippen molar-refractivity contribution < 1.29 is 0 Å². The van der Waals surface area contributed by atoms with Crippen LogP contribution in [0.15, 0.2) is 29.1 Å². The third kappa shape index (κ3) is 4.53. The van der Waals surface area contributed by atoms with Crippen molar-refractivity contribution in [1.82, 2.24) is 19.5 Å². The molecule has 2 N–H and O–H groups in total. The van der Waals surface area contributed by atoms with Crippen LogP contribution >= 0.6 is 0 Å². The molecule has 180 valence electrons. The lowest BCUT2D eigenvalue weighted by Gasteiger charge is -2.35. The Morgan fingerprint density at radius 2 is 1.76 bits per heavy atom. The van der Waals surface area contributed by atoms with E-state index in [9.17, 15) is 4.79 Å². The number of nitrogens with zero attached hydrogens (tertiary/aromatic N) is 5. The van der Waals surface area contributed by atoms with Gasteiger partial charge < -0.3 is 10.7 Å². The molecule has 5 rings (SSSR count). The Morgan fingerprint density at radius 3 is 2.59 bits per heavy atom. The van der Waals surface area contributed by atoms with Crippen LogP contribution < -0.4 is 16.3 Å². The van der Waals surface area contributed by atoms with Gasteiger partial charge >= 0.3 is 0 Å². The van der Waals surface area contributed by atoms with Gasteiger partial charge in [-0.25, -0.2) is 14.6 Å². The number of para-hydroxylation sites is 1. The lowest BCUT2D eigenvalue weighted by molar-refractivity contribution is 0.252. The van der Waals surface area contributed by atoms with Crippen molar-refractivity contribution in [3.63, 3.8) is 0 Å². The van der Waals surface area contributed by atoms with Gasteiger partial charge in [-0.2, -0.15) is 0 Å². The number of aromatic nitrogens is 3. The van der Waals surface area contributed by atoms with Crippen molar-refractivity contribution in [1.29, 1.82) is 0 Å². The highest BCUT2D eigenvalue weighted by molar-refractivity contribution is 5.86. The zero-order chi connectivity index (χ0) is 23.7. The molecule has 0 spiro atoms. The minimum absolute atomic E-state index is 0.0384. The molecule has 1 saturated heterocycles. The van der Waals surface area contributed by atoms with E-state index in [1.54, 1.807) is 0 Å². The standard InChI is InChI=1S/C27H36N6O/c1-19-8-7-10-21-20(2)18-25(30-26(19)21)32-16-14-31(15-17-32)13-6-5-12-24-29-23-11-4-3-9-22(23)27(34)33(24)28/h7-8,10,18H,3-6,9,11-17,28H2,1-2H3. The van der Waals surface area contributed by atoms with Crippen molar-refractivity contribution in [2.24, 2.45) is 0 Å². The largest absolute Gasteiger partial charge is 0.354 e. The van der Waals surface area contributed by atoms with Gasteiger partial charge in [0.25, 0.3) is 5.56 Å². The summed E-state index contributed by atoms with van der Waals surface area (Å²) >= 11 is 0. The first kappa shape index (κ1) is 22.8. The average molecular weight is 461 g/mol. The monoisotopic (exact) mass is 460 g/mol. The molecular formula is C27H36N6O. The number of hydrogen-bond donors (Lipinski definition) is 1. The van der Waals surface area contributed by atoms with Gasteiger partial charge in [0.2, 0.25) is 0 Å². The minimum atomic E-state index is -0.0384. The van der Waals surface area contributed by atoms with E-state index in [1.807, 2.05) is 0 Å². The van der Waals surface area contributed by atoms with Crippen LogP contribution in [-0.4, -0.2) is 52.3 Å². The molecule has 1 aliphatic heterocycles. The van der Waals surface area contributed by atoms with Gasteiger partial charge in [0, 0.05) is 43.5 Å². The van der Waals surface area contributed by atoms with Crippen molar-refractivity contribution in [3.05, 3.63) is 62.8 Å². The summed E-state index contributed by atoms with van der Waals surface area (Å²) < 4.78 is 1.29. The Balaban J connectivity index is 1.13. The van der Waals surface area contributed by atoms with Crippen LogP contribution in [0, 0.1) is 13.8 Å². The highest BCUT2D eigenvalue weighted by atomic mass is 16.1. The number of rotatable bonds is 6. The van der Waals surface area contributed by atoms with Gasteiger partial charge in [-0.3, -0.25) is 9.69 Å². The maximum atomic E-state index is 12.6. The maximum absolute atomic E-state index is 12.6. The summed E-state index contributed by atoms with van der Waals surface area (Å²) in [4.78, 5) is 27.3. The number of piperazine rings is 1. The summed E-state index contributed by atoms with van der Waals surface area (Å²) in [5.41, 5.74) is 5.42. The average Bonchev–Trinajstić information content (AvgIpc) is 2.85. The predicted molar refractivity (Wildman–Crippen MR) is 138 cm³/mol. The second-order valence-electron chi connectivity index (χ2n) is 9.89. The van der Waals surface area contributed by atoms with Gasteiger partial charge in [0.15, 0.2) is 0 Å². The smallest absolute Gasteiger partial charge is 0.275 e. The molecular weight excluding hydrogens is 424 g/mol. The lowest BCUT2D eigenvalue weighted by atomic mass is 9.97. The summed E-state index contributed by atoms with van der Waals surface area (Å²) in [7, 11) is 0. The van der Waals surface area contributed by atoms with Crippen LogP contribution in [0.1, 0.15) is 53.9 Å². The molecule has 34 heavy (non-hydrogen) atoms. The quantitative estimate of drug-likeness (QED) is 0.450. The summed E-state index contributed by atoms with van der Waals surface area (Å²) in [6, 6.07) is 8.64. The van der Waals surface area contributed by atoms with Crippen LogP contribution in [-0.2, 0) is 19.3 Å². The van der Waals surface area contributed by atoms with Crippen molar-refractivity contribution in [2.45, 2.75) is 58.8 Å². The normalized spacial score (nSPS) is 16.7. The van der Waals surface area contributed by atoms with Crippen molar-refractivity contribution in [3.8, 4) is 0 Å². The van der Waals surface area contributed by atoms with Crippen LogP contribution in [0.3, 0.4) is 0 Å². The zero-order valence-electron chi connectivity index (χ0n) is 20.5. The number of anilines is 1. The Kier molecular flexibility index (Phi) is 6.55. The Labute approximate surface area is 201 Å². The molecule has 0 saturated carbocycles. The number of pyridine rings is 1.